The lowest BCUT2D eigenvalue weighted by molar-refractivity contribution is -0.105. The van der Waals surface area contributed by atoms with E-state index in [2.05, 4.69) is 43.4 Å². The summed E-state index contributed by atoms with van der Waals surface area (Å²) in [5, 5.41) is 5.10. The van der Waals surface area contributed by atoms with Crippen molar-refractivity contribution in [3.63, 3.8) is 0 Å². The molecule has 176 valence electrons. The van der Waals surface area contributed by atoms with Crippen molar-refractivity contribution in [2.45, 2.75) is 32.7 Å². The summed E-state index contributed by atoms with van der Waals surface area (Å²) in [5.41, 5.74) is 6.73. The molecule has 0 aliphatic carbocycles. The summed E-state index contributed by atoms with van der Waals surface area (Å²) in [6.07, 6.45) is 7.98. The van der Waals surface area contributed by atoms with Gasteiger partial charge in [-0.3, -0.25) is 14.6 Å². The van der Waals surface area contributed by atoms with Crippen LogP contribution in [0.1, 0.15) is 26.7 Å². The molecule has 0 atom stereocenters. The number of nitrogens with zero attached hydrogens (tertiary/aromatic N) is 4. The minimum atomic E-state index is -0.479. The molecule has 11 heteroatoms. The van der Waals surface area contributed by atoms with Crippen LogP contribution >= 0.6 is 0 Å². The molecular weight excluding hydrogens is 427 g/mol. The third-order valence-electron chi connectivity index (χ3n) is 4.84. The Balaban J connectivity index is 0.000000442. The highest BCUT2D eigenvalue weighted by molar-refractivity contribution is 5.88. The first-order valence-corrected chi connectivity index (χ1v) is 10.7. The van der Waals surface area contributed by atoms with Crippen molar-refractivity contribution in [2.75, 3.05) is 30.8 Å². The molecule has 3 heterocycles. The highest BCUT2D eigenvalue weighted by atomic mass is 19.1. The van der Waals surface area contributed by atoms with E-state index in [9.17, 15) is 14.0 Å². The van der Waals surface area contributed by atoms with Crippen LogP contribution < -0.4 is 21.5 Å². The zero-order valence-corrected chi connectivity index (χ0v) is 18.9. The van der Waals surface area contributed by atoms with Crippen LogP contribution in [0.5, 0.6) is 0 Å². The summed E-state index contributed by atoms with van der Waals surface area (Å²) in [7, 11) is 2.17. The molecule has 4 rings (SSSR count). The second-order valence-corrected chi connectivity index (χ2v) is 8.02. The van der Waals surface area contributed by atoms with E-state index in [0.717, 1.165) is 0 Å². The molecule has 10 nitrogen and oxygen atoms in total. The number of likely N-dealkylation sites (tertiary alicyclic amines) is 1. The van der Waals surface area contributed by atoms with Gasteiger partial charge in [0.05, 0.1) is 17.6 Å². The van der Waals surface area contributed by atoms with Crippen LogP contribution in [0.2, 0.25) is 0 Å². The summed E-state index contributed by atoms with van der Waals surface area (Å²) >= 11 is 0. The Bertz CT molecular complexity index is 1100. The standard InChI is InChI=1S/C17H18FN7O2.C5H11N/c1-10(2)23-24-17(27)21-12-6-19-16-22-15(8-25(16)7-12)13-5-11(20-9-26)3-4-14(13)18;1-6-4-2-3-5-6/h3-10,23H,1-2H3,(H,20,26)(H2,21,24,27);2-5H2,1H3. The lowest BCUT2D eigenvalue weighted by Crippen LogP contribution is -2.43. The maximum Gasteiger partial charge on any atom is 0.333 e. The number of imidazole rings is 1. The number of halogens is 1. The average Bonchev–Trinajstić information content (AvgIpc) is 3.43. The van der Waals surface area contributed by atoms with Crippen molar-refractivity contribution in [2.24, 2.45) is 0 Å². The van der Waals surface area contributed by atoms with Crippen LogP contribution in [0.4, 0.5) is 20.6 Å². The Morgan fingerprint density at radius 2 is 1.94 bits per heavy atom. The van der Waals surface area contributed by atoms with Crippen molar-refractivity contribution < 1.29 is 14.0 Å². The second-order valence-electron chi connectivity index (χ2n) is 8.02. The van der Waals surface area contributed by atoms with Gasteiger partial charge >= 0.3 is 6.03 Å². The number of aromatic nitrogens is 3. The molecule has 33 heavy (non-hydrogen) atoms. The highest BCUT2D eigenvalue weighted by Crippen LogP contribution is 2.25. The van der Waals surface area contributed by atoms with Gasteiger partial charge in [0, 0.05) is 29.7 Å². The summed E-state index contributed by atoms with van der Waals surface area (Å²) in [5.74, 6) is -0.142. The normalized spacial score (nSPS) is 13.5. The first kappa shape index (κ1) is 24.1. The number of benzene rings is 1. The fourth-order valence-electron chi connectivity index (χ4n) is 3.21. The van der Waals surface area contributed by atoms with Crippen LogP contribution in [0, 0.1) is 5.82 Å². The van der Waals surface area contributed by atoms with E-state index in [-0.39, 0.29) is 11.6 Å². The summed E-state index contributed by atoms with van der Waals surface area (Å²) in [6, 6.07) is 3.83. The van der Waals surface area contributed by atoms with Gasteiger partial charge < -0.3 is 15.5 Å². The van der Waals surface area contributed by atoms with Gasteiger partial charge in [-0.1, -0.05) is 0 Å². The average molecular weight is 457 g/mol. The number of urea groups is 1. The topological polar surface area (TPSA) is 116 Å². The quantitative estimate of drug-likeness (QED) is 0.335. The molecular formula is C22H29FN8O2. The molecule has 0 radical (unpaired) electrons. The van der Waals surface area contributed by atoms with Gasteiger partial charge in [0.25, 0.3) is 0 Å². The number of anilines is 2. The number of amides is 3. The van der Waals surface area contributed by atoms with Gasteiger partial charge in [0.2, 0.25) is 12.2 Å². The van der Waals surface area contributed by atoms with Gasteiger partial charge in [0.15, 0.2) is 0 Å². The Labute approximate surface area is 191 Å². The first-order chi connectivity index (χ1) is 15.9. The molecule has 1 saturated heterocycles. The van der Waals surface area contributed by atoms with E-state index >= 15 is 0 Å². The van der Waals surface area contributed by atoms with Crippen LogP contribution in [-0.2, 0) is 4.79 Å². The van der Waals surface area contributed by atoms with Crippen molar-refractivity contribution in [3.8, 4) is 11.3 Å². The first-order valence-electron chi connectivity index (χ1n) is 10.7. The predicted octanol–water partition coefficient (Wildman–Crippen LogP) is 2.85. The van der Waals surface area contributed by atoms with Crippen molar-refractivity contribution in [1.29, 1.82) is 0 Å². The minimum Gasteiger partial charge on any atom is -0.329 e. The van der Waals surface area contributed by atoms with Crippen LogP contribution in [0.25, 0.3) is 17.0 Å². The lowest BCUT2D eigenvalue weighted by Gasteiger charge is -2.10. The van der Waals surface area contributed by atoms with E-state index in [1.54, 1.807) is 16.8 Å². The maximum absolute atomic E-state index is 14.2. The Hall–Kier alpha value is -3.57. The number of nitrogens with one attached hydrogen (secondary N) is 4. The van der Waals surface area contributed by atoms with Crippen molar-refractivity contribution >= 4 is 29.6 Å². The molecule has 1 fully saturated rings. The van der Waals surface area contributed by atoms with Gasteiger partial charge in [-0.05, 0) is 65.0 Å². The summed E-state index contributed by atoms with van der Waals surface area (Å²) < 4.78 is 15.7. The van der Waals surface area contributed by atoms with E-state index in [1.807, 2.05) is 13.8 Å². The van der Waals surface area contributed by atoms with Crippen LogP contribution in [-0.4, -0.2) is 57.9 Å². The van der Waals surface area contributed by atoms with Crippen LogP contribution in [0.3, 0.4) is 0 Å². The number of hydrogen-bond donors (Lipinski definition) is 4. The second kappa shape index (κ2) is 11.3. The third-order valence-corrected chi connectivity index (χ3v) is 4.84. The fraction of sp³-hybridized carbons (Fsp3) is 0.364. The Morgan fingerprint density at radius 3 is 2.58 bits per heavy atom. The van der Waals surface area contributed by atoms with E-state index < -0.39 is 11.8 Å². The smallest absolute Gasteiger partial charge is 0.329 e. The molecule has 0 unspecified atom stereocenters. The SMILES string of the molecule is CC(C)NNC(=O)Nc1cnc2nc(-c3cc(NC=O)ccc3F)cn2c1.CN1CCCC1. The number of rotatable bonds is 6. The largest absolute Gasteiger partial charge is 0.333 e. The van der Waals surface area contributed by atoms with Gasteiger partial charge in [0.1, 0.15) is 5.82 Å². The molecule has 1 aliphatic rings. The molecule has 3 aromatic rings. The maximum atomic E-state index is 14.2. The van der Waals surface area contributed by atoms with Gasteiger partial charge in [-0.25, -0.2) is 24.6 Å². The lowest BCUT2D eigenvalue weighted by atomic mass is 10.1. The van der Waals surface area contributed by atoms with E-state index in [1.165, 1.54) is 50.3 Å². The van der Waals surface area contributed by atoms with E-state index in [0.29, 0.717) is 29.3 Å². The predicted molar refractivity (Wildman–Crippen MR) is 125 cm³/mol. The molecule has 2 aromatic heterocycles. The molecule has 1 aliphatic heterocycles. The molecule has 0 spiro atoms. The monoisotopic (exact) mass is 456 g/mol. The zero-order valence-electron chi connectivity index (χ0n) is 18.9. The van der Waals surface area contributed by atoms with Gasteiger partial charge in [-0.2, -0.15) is 0 Å². The highest BCUT2D eigenvalue weighted by Gasteiger charge is 2.12. The molecule has 1 aromatic carbocycles. The third kappa shape index (κ3) is 6.96. The Kier molecular flexibility index (Phi) is 8.28. The van der Waals surface area contributed by atoms with Crippen molar-refractivity contribution in [1.82, 2.24) is 30.1 Å². The number of hydrogen-bond acceptors (Lipinski definition) is 6. The number of carbonyl (C=O) groups is 2. The Morgan fingerprint density at radius 1 is 1.18 bits per heavy atom. The zero-order chi connectivity index (χ0) is 23.8. The molecule has 0 saturated carbocycles. The molecule has 4 N–H and O–H groups in total. The number of hydrazine groups is 1. The molecule has 0 bridgehead atoms. The summed E-state index contributed by atoms with van der Waals surface area (Å²) in [6.45, 7) is 6.42. The molecule has 3 amide bonds. The fourth-order valence-corrected chi connectivity index (χ4v) is 3.21. The summed E-state index contributed by atoms with van der Waals surface area (Å²) in [4.78, 5) is 33.2. The van der Waals surface area contributed by atoms with Gasteiger partial charge in [-0.15, -0.1) is 0 Å². The number of fused-ring (bicyclic) bond motifs is 1. The van der Waals surface area contributed by atoms with E-state index in [4.69, 9.17) is 0 Å². The minimum absolute atomic E-state index is 0.0897. The van der Waals surface area contributed by atoms with Crippen molar-refractivity contribution in [3.05, 3.63) is 42.6 Å². The number of carbonyl (C=O) groups excluding carboxylic acids is 2. The van der Waals surface area contributed by atoms with Crippen LogP contribution in [0.15, 0.2) is 36.8 Å².